The Kier molecular flexibility index (Phi) is 5.30. The van der Waals surface area contributed by atoms with E-state index in [1.165, 1.54) is 0 Å². The highest BCUT2D eigenvalue weighted by Crippen LogP contribution is 2.50. The van der Waals surface area contributed by atoms with Gasteiger partial charge in [-0.05, 0) is 6.07 Å². The highest BCUT2D eigenvalue weighted by atomic mass is 19.4. The first kappa shape index (κ1) is 20.2. The number of aliphatic carboxylic acids is 1. The standard InChI is InChI=1S/C12H7F6NO6/c13-11(14,15)10(9(21)22,12(16,17)18)5-25-8(20)6-3-1-2-4-7(6)19(23)24/h1-4H,5H2,(H,21,22)/p-1. The summed E-state index contributed by atoms with van der Waals surface area (Å²) < 4.78 is 80.2. The number of carbonyl (C=O) groups is 2. The number of benzene rings is 1. The van der Waals surface area contributed by atoms with Gasteiger partial charge in [-0.15, -0.1) is 0 Å². The number of halogens is 6. The van der Waals surface area contributed by atoms with Crippen LogP contribution in [0, 0.1) is 15.5 Å². The van der Waals surface area contributed by atoms with Gasteiger partial charge in [0, 0.05) is 6.07 Å². The van der Waals surface area contributed by atoms with Crippen LogP contribution in [0.2, 0.25) is 0 Å². The number of carboxylic acids is 1. The Morgan fingerprint density at radius 1 is 1.04 bits per heavy atom. The molecule has 0 aromatic heterocycles. The summed E-state index contributed by atoms with van der Waals surface area (Å²) in [5.41, 5.74) is -7.39. The molecule has 25 heavy (non-hydrogen) atoms. The molecule has 0 aliphatic heterocycles. The number of ether oxygens (including phenoxy) is 1. The van der Waals surface area contributed by atoms with Crippen molar-refractivity contribution < 1.29 is 50.7 Å². The molecule has 0 radical (unpaired) electrons. The normalized spacial score (nSPS) is 12.6. The average Bonchev–Trinajstić information content (AvgIpc) is 2.44. The summed E-state index contributed by atoms with van der Waals surface area (Å²) in [6.45, 7) is -2.70. The van der Waals surface area contributed by atoms with Crippen molar-refractivity contribution in [3.8, 4) is 0 Å². The summed E-state index contributed by atoms with van der Waals surface area (Å²) >= 11 is 0. The Labute approximate surface area is 133 Å². The maximum atomic E-state index is 12.7. The molecule has 0 spiro atoms. The van der Waals surface area contributed by atoms with Crippen LogP contribution in [-0.2, 0) is 9.53 Å². The van der Waals surface area contributed by atoms with Crippen molar-refractivity contribution in [2.75, 3.05) is 6.61 Å². The number of carbonyl (C=O) groups excluding carboxylic acids is 2. The van der Waals surface area contributed by atoms with Gasteiger partial charge in [0.1, 0.15) is 12.2 Å². The number of nitro groups is 1. The number of nitro benzene ring substituents is 1. The van der Waals surface area contributed by atoms with E-state index in [-0.39, 0.29) is 0 Å². The monoisotopic (exact) mass is 374 g/mol. The van der Waals surface area contributed by atoms with Crippen LogP contribution >= 0.6 is 0 Å². The summed E-state index contributed by atoms with van der Waals surface area (Å²) in [6, 6.07) is 3.56. The van der Waals surface area contributed by atoms with Gasteiger partial charge in [-0.2, -0.15) is 26.3 Å². The Bertz CT molecular complexity index is 684. The van der Waals surface area contributed by atoms with E-state index in [2.05, 4.69) is 4.74 Å². The van der Waals surface area contributed by atoms with Crippen molar-refractivity contribution in [1.29, 1.82) is 0 Å². The Hall–Kier alpha value is -2.86. The highest BCUT2D eigenvalue weighted by molar-refractivity contribution is 5.94. The lowest BCUT2D eigenvalue weighted by atomic mass is 9.87. The third-order valence-corrected chi connectivity index (χ3v) is 3.06. The van der Waals surface area contributed by atoms with Gasteiger partial charge in [0.15, 0.2) is 0 Å². The lowest BCUT2D eigenvalue weighted by Gasteiger charge is -2.37. The number of rotatable bonds is 5. The van der Waals surface area contributed by atoms with Crippen LogP contribution < -0.4 is 5.11 Å². The average molecular weight is 374 g/mol. The minimum Gasteiger partial charge on any atom is -0.549 e. The molecule has 0 aliphatic rings. The number of hydrogen-bond donors (Lipinski definition) is 0. The molecule has 7 nitrogen and oxygen atoms in total. The van der Waals surface area contributed by atoms with E-state index < -0.39 is 52.5 Å². The fourth-order valence-corrected chi connectivity index (χ4v) is 1.67. The zero-order valence-corrected chi connectivity index (χ0v) is 11.7. The van der Waals surface area contributed by atoms with E-state index in [9.17, 15) is 51.2 Å². The number of para-hydroxylation sites is 1. The van der Waals surface area contributed by atoms with Crippen molar-refractivity contribution in [3.05, 3.63) is 39.9 Å². The number of nitrogens with zero attached hydrogens (tertiary/aromatic N) is 1. The summed E-state index contributed by atoms with van der Waals surface area (Å²) in [5, 5.41) is 21.3. The molecule has 0 unspecified atom stereocenters. The van der Waals surface area contributed by atoms with E-state index in [0.717, 1.165) is 18.2 Å². The van der Waals surface area contributed by atoms with Crippen LogP contribution in [0.25, 0.3) is 0 Å². The molecule has 1 aromatic rings. The molecule has 13 heteroatoms. The molecule has 138 valence electrons. The van der Waals surface area contributed by atoms with Gasteiger partial charge in [0.2, 0.25) is 5.41 Å². The number of esters is 1. The second-order valence-corrected chi connectivity index (χ2v) is 4.54. The van der Waals surface area contributed by atoms with E-state index >= 15 is 0 Å². The van der Waals surface area contributed by atoms with Crippen LogP contribution in [0.1, 0.15) is 10.4 Å². The van der Waals surface area contributed by atoms with Crippen LogP contribution in [0.3, 0.4) is 0 Å². The van der Waals surface area contributed by atoms with Crippen molar-refractivity contribution in [3.63, 3.8) is 0 Å². The summed E-state index contributed by atoms with van der Waals surface area (Å²) in [7, 11) is 0. The van der Waals surface area contributed by atoms with Gasteiger partial charge in [0.25, 0.3) is 5.69 Å². The molecular weight excluding hydrogens is 368 g/mol. The van der Waals surface area contributed by atoms with E-state index in [1.807, 2.05) is 0 Å². The fourth-order valence-electron chi connectivity index (χ4n) is 1.67. The minimum absolute atomic E-state index is 0.711. The SMILES string of the molecule is O=C(OCC(C(=O)[O-])(C(F)(F)F)C(F)(F)F)c1ccccc1[N+](=O)[O-]. The molecule has 1 aromatic carbocycles. The lowest BCUT2D eigenvalue weighted by molar-refractivity contribution is -0.391. The Balaban J connectivity index is 3.24. The van der Waals surface area contributed by atoms with Gasteiger partial charge in [-0.25, -0.2) is 4.79 Å². The first-order valence-electron chi connectivity index (χ1n) is 6.01. The molecule has 0 saturated heterocycles. The molecular formula is C12H6F6NO6-. The highest BCUT2D eigenvalue weighted by Gasteiger charge is 2.73. The first-order valence-corrected chi connectivity index (χ1v) is 6.01. The third kappa shape index (κ3) is 3.64. The predicted molar refractivity (Wildman–Crippen MR) is 62.9 cm³/mol. The topological polar surface area (TPSA) is 110 Å². The molecule has 0 bridgehead atoms. The quantitative estimate of drug-likeness (QED) is 0.335. The van der Waals surface area contributed by atoms with Gasteiger partial charge >= 0.3 is 18.3 Å². The largest absolute Gasteiger partial charge is 0.549 e. The summed E-state index contributed by atoms with van der Waals surface area (Å²) in [6.07, 6.45) is -12.8. The van der Waals surface area contributed by atoms with Crippen molar-refractivity contribution in [2.45, 2.75) is 12.4 Å². The maximum absolute atomic E-state index is 12.7. The lowest BCUT2D eigenvalue weighted by Crippen LogP contribution is -2.63. The molecule has 0 fully saturated rings. The zero-order valence-electron chi connectivity index (χ0n) is 11.7. The van der Waals surface area contributed by atoms with Crippen LogP contribution in [-0.4, -0.2) is 35.8 Å². The molecule has 0 aliphatic carbocycles. The molecule has 0 atom stereocenters. The molecule has 0 saturated carbocycles. The van der Waals surface area contributed by atoms with Crippen molar-refractivity contribution in [1.82, 2.24) is 0 Å². The number of hydrogen-bond acceptors (Lipinski definition) is 6. The fraction of sp³-hybridized carbons (Fsp3) is 0.333. The smallest absolute Gasteiger partial charge is 0.411 e. The Morgan fingerprint density at radius 3 is 1.92 bits per heavy atom. The third-order valence-electron chi connectivity index (χ3n) is 3.06. The molecule has 0 amide bonds. The van der Waals surface area contributed by atoms with Crippen LogP contribution in [0.5, 0.6) is 0 Å². The zero-order chi connectivity index (χ0) is 19.6. The first-order chi connectivity index (χ1) is 11.3. The van der Waals surface area contributed by atoms with E-state index in [1.54, 1.807) is 0 Å². The van der Waals surface area contributed by atoms with Gasteiger partial charge in [0.05, 0.1) is 10.9 Å². The maximum Gasteiger partial charge on any atom is 0.411 e. The number of alkyl halides is 6. The molecule has 0 heterocycles. The number of carboxylic acid groups (broad SMARTS) is 1. The van der Waals surface area contributed by atoms with E-state index in [4.69, 9.17) is 0 Å². The summed E-state index contributed by atoms with van der Waals surface area (Å²) in [5.74, 6) is -5.52. The van der Waals surface area contributed by atoms with Gasteiger partial charge < -0.3 is 14.6 Å². The van der Waals surface area contributed by atoms with Crippen LogP contribution in [0.15, 0.2) is 24.3 Å². The van der Waals surface area contributed by atoms with Gasteiger partial charge in [-0.3, -0.25) is 10.1 Å². The molecule has 1 rings (SSSR count). The predicted octanol–water partition coefficient (Wildman–Crippen LogP) is 1.61. The second kappa shape index (κ2) is 6.57. The molecule has 0 N–H and O–H groups in total. The van der Waals surface area contributed by atoms with Crippen LogP contribution in [0.4, 0.5) is 32.0 Å². The Morgan fingerprint density at radius 2 is 1.52 bits per heavy atom. The second-order valence-electron chi connectivity index (χ2n) is 4.54. The minimum atomic E-state index is -6.41. The van der Waals surface area contributed by atoms with Crippen molar-refractivity contribution in [2.24, 2.45) is 5.41 Å². The van der Waals surface area contributed by atoms with Gasteiger partial charge in [-0.1, -0.05) is 12.1 Å². The van der Waals surface area contributed by atoms with Crippen molar-refractivity contribution >= 4 is 17.6 Å². The van der Waals surface area contributed by atoms with E-state index in [0.29, 0.717) is 6.07 Å². The summed E-state index contributed by atoms with van der Waals surface area (Å²) in [4.78, 5) is 31.8.